The van der Waals surface area contributed by atoms with E-state index < -0.39 is 0 Å². The average molecular weight is 270 g/mol. The highest BCUT2D eigenvalue weighted by molar-refractivity contribution is 7.11. The van der Waals surface area contributed by atoms with E-state index in [1.165, 1.54) is 10.6 Å². The Kier molecular flexibility index (Phi) is 4.72. The first-order valence-electron chi connectivity index (χ1n) is 6.52. The maximum Gasteiger partial charge on any atom is 0.125 e. The predicted octanol–water partition coefficient (Wildman–Crippen LogP) is 2.08. The Labute approximate surface area is 113 Å². The van der Waals surface area contributed by atoms with Crippen molar-refractivity contribution in [3.63, 3.8) is 0 Å². The van der Waals surface area contributed by atoms with Crippen molar-refractivity contribution in [1.82, 2.24) is 10.3 Å². The molecule has 0 amide bonds. The molecule has 0 aliphatic carbocycles. The Morgan fingerprint density at radius 1 is 1.44 bits per heavy atom. The van der Waals surface area contributed by atoms with Crippen molar-refractivity contribution in [3.8, 4) is 0 Å². The molecule has 1 N–H and O–H groups in total. The standard InChI is InChI=1S/C13H22N2O2S/c1-4-10-11(9-14-2)18-12(15-10)13(16-3)5-7-17-8-6-13/h14H,4-9H2,1-3H3. The molecule has 1 fully saturated rings. The second-order valence-electron chi connectivity index (χ2n) is 4.58. The molecule has 0 atom stereocenters. The van der Waals surface area contributed by atoms with Gasteiger partial charge < -0.3 is 14.8 Å². The van der Waals surface area contributed by atoms with Gasteiger partial charge in [-0.3, -0.25) is 0 Å². The molecule has 0 unspecified atom stereocenters. The SMILES string of the molecule is CCc1nc(C2(OC)CCOCC2)sc1CNC. The summed E-state index contributed by atoms with van der Waals surface area (Å²) in [6.45, 7) is 4.56. The molecule has 0 aromatic carbocycles. The van der Waals surface area contributed by atoms with E-state index in [4.69, 9.17) is 14.5 Å². The van der Waals surface area contributed by atoms with Crippen molar-refractivity contribution >= 4 is 11.3 Å². The fourth-order valence-electron chi connectivity index (χ4n) is 2.36. The molecule has 2 rings (SSSR count). The molecular formula is C13H22N2O2S. The molecule has 1 aliphatic rings. The summed E-state index contributed by atoms with van der Waals surface area (Å²) in [5.74, 6) is 0. The molecule has 1 saturated heterocycles. The number of rotatable bonds is 5. The second kappa shape index (κ2) is 6.10. The van der Waals surface area contributed by atoms with Crippen molar-refractivity contribution in [3.05, 3.63) is 15.6 Å². The van der Waals surface area contributed by atoms with Crippen molar-refractivity contribution in [2.75, 3.05) is 27.4 Å². The lowest BCUT2D eigenvalue weighted by Crippen LogP contribution is -2.35. The van der Waals surface area contributed by atoms with Gasteiger partial charge in [0.1, 0.15) is 10.6 Å². The fourth-order valence-corrected chi connectivity index (χ4v) is 3.75. The Balaban J connectivity index is 2.30. The summed E-state index contributed by atoms with van der Waals surface area (Å²) in [5, 5.41) is 4.33. The number of aryl methyl sites for hydroxylation is 1. The first-order valence-corrected chi connectivity index (χ1v) is 7.34. The highest BCUT2D eigenvalue weighted by Gasteiger charge is 2.37. The van der Waals surface area contributed by atoms with E-state index in [2.05, 4.69) is 12.2 Å². The fraction of sp³-hybridized carbons (Fsp3) is 0.769. The van der Waals surface area contributed by atoms with Crippen LogP contribution >= 0.6 is 11.3 Å². The van der Waals surface area contributed by atoms with E-state index in [1.54, 1.807) is 18.4 Å². The van der Waals surface area contributed by atoms with Gasteiger partial charge in [0.25, 0.3) is 0 Å². The Morgan fingerprint density at radius 3 is 2.72 bits per heavy atom. The lowest BCUT2D eigenvalue weighted by molar-refractivity contribution is -0.0948. The normalized spacial score (nSPS) is 19.1. The zero-order valence-corrected chi connectivity index (χ0v) is 12.2. The average Bonchev–Trinajstić information content (AvgIpc) is 2.84. The first kappa shape index (κ1) is 13.9. The molecule has 1 aliphatic heterocycles. The van der Waals surface area contributed by atoms with E-state index >= 15 is 0 Å². The lowest BCUT2D eigenvalue weighted by atomic mass is 9.95. The van der Waals surface area contributed by atoms with Gasteiger partial charge in [0, 0.05) is 44.6 Å². The van der Waals surface area contributed by atoms with Crippen molar-refractivity contribution in [2.24, 2.45) is 0 Å². The summed E-state index contributed by atoms with van der Waals surface area (Å²) in [7, 11) is 3.76. The largest absolute Gasteiger partial charge is 0.381 e. The van der Waals surface area contributed by atoms with Gasteiger partial charge in [0.05, 0.1) is 5.69 Å². The molecule has 5 heteroatoms. The number of methoxy groups -OCH3 is 1. The number of ether oxygens (including phenoxy) is 2. The minimum absolute atomic E-state index is 0.223. The Bertz CT molecular complexity index is 386. The van der Waals surface area contributed by atoms with Crippen molar-refractivity contribution in [2.45, 2.75) is 38.3 Å². The molecule has 2 heterocycles. The third-order valence-corrected chi connectivity index (χ3v) is 4.81. The van der Waals surface area contributed by atoms with Gasteiger partial charge in [-0.25, -0.2) is 4.98 Å². The Morgan fingerprint density at radius 2 is 2.17 bits per heavy atom. The van der Waals surface area contributed by atoms with Crippen LogP contribution in [0.15, 0.2) is 0 Å². The van der Waals surface area contributed by atoms with E-state index in [1.807, 2.05) is 7.05 Å². The summed E-state index contributed by atoms with van der Waals surface area (Å²) in [5.41, 5.74) is 0.978. The van der Waals surface area contributed by atoms with Crippen LogP contribution < -0.4 is 5.32 Å². The number of thiazole rings is 1. The van der Waals surface area contributed by atoms with Crippen molar-refractivity contribution < 1.29 is 9.47 Å². The number of hydrogen-bond donors (Lipinski definition) is 1. The van der Waals surface area contributed by atoms with Crippen LogP contribution in [-0.2, 0) is 28.0 Å². The van der Waals surface area contributed by atoms with Crippen molar-refractivity contribution in [1.29, 1.82) is 0 Å². The summed E-state index contributed by atoms with van der Waals surface area (Å²) < 4.78 is 11.2. The monoisotopic (exact) mass is 270 g/mol. The van der Waals surface area contributed by atoms with Crippen LogP contribution in [-0.4, -0.2) is 32.4 Å². The molecule has 0 bridgehead atoms. The summed E-state index contributed by atoms with van der Waals surface area (Å²) in [6, 6.07) is 0. The third-order valence-electron chi connectivity index (χ3n) is 3.53. The zero-order valence-electron chi connectivity index (χ0n) is 11.4. The number of aromatic nitrogens is 1. The van der Waals surface area contributed by atoms with Gasteiger partial charge in [0.2, 0.25) is 0 Å². The number of nitrogens with zero attached hydrogens (tertiary/aromatic N) is 1. The van der Waals surface area contributed by atoms with Gasteiger partial charge in [0.15, 0.2) is 0 Å². The van der Waals surface area contributed by atoms with Crippen LogP contribution in [0.4, 0.5) is 0 Å². The van der Waals surface area contributed by atoms with Gasteiger partial charge in [-0.1, -0.05) is 6.92 Å². The lowest BCUT2D eigenvalue weighted by Gasteiger charge is -2.33. The minimum Gasteiger partial charge on any atom is -0.381 e. The van der Waals surface area contributed by atoms with E-state index in [-0.39, 0.29) is 5.60 Å². The van der Waals surface area contributed by atoms with Gasteiger partial charge in [-0.15, -0.1) is 11.3 Å². The molecular weight excluding hydrogens is 248 g/mol. The summed E-state index contributed by atoms with van der Waals surface area (Å²) in [4.78, 5) is 6.14. The quantitative estimate of drug-likeness (QED) is 0.889. The highest BCUT2D eigenvalue weighted by Crippen LogP contribution is 2.38. The van der Waals surface area contributed by atoms with Crippen LogP contribution in [0.1, 0.15) is 35.3 Å². The summed E-state index contributed by atoms with van der Waals surface area (Å²) in [6.07, 6.45) is 2.78. The topological polar surface area (TPSA) is 43.4 Å². The van der Waals surface area contributed by atoms with Crippen LogP contribution in [0.25, 0.3) is 0 Å². The number of hydrogen-bond acceptors (Lipinski definition) is 5. The molecule has 102 valence electrons. The molecule has 0 spiro atoms. The van der Waals surface area contributed by atoms with Crippen LogP contribution in [0.3, 0.4) is 0 Å². The van der Waals surface area contributed by atoms with E-state index in [9.17, 15) is 0 Å². The molecule has 1 aromatic rings. The smallest absolute Gasteiger partial charge is 0.125 e. The molecule has 1 aromatic heterocycles. The number of nitrogens with one attached hydrogen (secondary N) is 1. The Hall–Kier alpha value is -0.490. The van der Waals surface area contributed by atoms with Crippen LogP contribution in [0.2, 0.25) is 0 Å². The third kappa shape index (κ3) is 2.59. The first-order chi connectivity index (χ1) is 8.75. The van der Waals surface area contributed by atoms with Gasteiger partial charge in [-0.2, -0.15) is 0 Å². The zero-order chi connectivity index (χ0) is 13.0. The molecule has 4 nitrogen and oxygen atoms in total. The van der Waals surface area contributed by atoms with Crippen LogP contribution in [0.5, 0.6) is 0 Å². The maximum absolute atomic E-state index is 5.80. The summed E-state index contributed by atoms with van der Waals surface area (Å²) >= 11 is 1.78. The van der Waals surface area contributed by atoms with E-state index in [0.29, 0.717) is 0 Å². The van der Waals surface area contributed by atoms with Gasteiger partial charge in [-0.05, 0) is 13.5 Å². The second-order valence-corrected chi connectivity index (χ2v) is 5.67. The van der Waals surface area contributed by atoms with Gasteiger partial charge >= 0.3 is 0 Å². The highest BCUT2D eigenvalue weighted by atomic mass is 32.1. The molecule has 18 heavy (non-hydrogen) atoms. The predicted molar refractivity (Wildman–Crippen MR) is 73.0 cm³/mol. The maximum atomic E-state index is 5.80. The van der Waals surface area contributed by atoms with Crippen LogP contribution in [0, 0.1) is 0 Å². The minimum atomic E-state index is -0.223. The van der Waals surface area contributed by atoms with E-state index in [0.717, 1.165) is 44.0 Å². The molecule has 0 radical (unpaired) electrons. The molecule has 0 saturated carbocycles.